The van der Waals surface area contributed by atoms with Crippen LogP contribution < -0.4 is 0 Å². The zero-order valence-electron chi connectivity index (χ0n) is 11.7. The van der Waals surface area contributed by atoms with Gasteiger partial charge in [0.2, 0.25) is 0 Å². The number of halogens is 1. The number of hydrogen-bond acceptors (Lipinski definition) is 3. The lowest BCUT2D eigenvalue weighted by molar-refractivity contribution is -0.385. The van der Waals surface area contributed by atoms with E-state index in [2.05, 4.69) is 6.92 Å². The molecule has 0 saturated heterocycles. The summed E-state index contributed by atoms with van der Waals surface area (Å²) in [6.07, 6.45) is 6.09. The van der Waals surface area contributed by atoms with E-state index >= 15 is 0 Å². The van der Waals surface area contributed by atoms with Gasteiger partial charge in [-0.3, -0.25) is 10.1 Å². The van der Waals surface area contributed by atoms with Crippen molar-refractivity contribution in [1.82, 2.24) is 0 Å². The Bertz CT molecular complexity index is 478. The Labute approximate surface area is 124 Å². The second-order valence-electron chi connectivity index (χ2n) is 5.41. The average Bonchev–Trinajstić information content (AvgIpc) is 2.46. The van der Waals surface area contributed by atoms with Gasteiger partial charge in [0.25, 0.3) is 5.69 Å². The average molecular weight is 298 g/mol. The quantitative estimate of drug-likeness (QED) is 0.583. The largest absolute Gasteiger partial charge is 0.373 e. The lowest BCUT2D eigenvalue weighted by Crippen LogP contribution is -2.22. The molecule has 0 bridgehead atoms. The van der Waals surface area contributed by atoms with Crippen molar-refractivity contribution in [2.24, 2.45) is 5.92 Å². The number of hydrogen-bond donors (Lipinski definition) is 0. The van der Waals surface area contributed by atoms with Crippen LogP contribution in [0, 0.1) is 16.0 Å². The van der Waals surface area contributed by atoms with Gasteiger partial charge in [-0.1, -0.05) is 37.8 Å². The van der Waals surface area contributed by atoms with Crippen molar-refractivity contribution >= 4 is 17.3 Å². The van der Waals surface area contributed by atoms with Crippen molar-refractivity contribution in [3.8, 4) is 0 Å². The molecule has 1 saturated carbocycles. The van der Waals surface area contributed by atoms with Crippen LogP contribution in [0.4, 0.5) is 5.69 Å². The predicted molar refractivity (Wildman–Crippen MR) is 78.9 cm³/mol. The Hall–Kier alpha value is -1.13. The van der Waals surface area contributed by atoms with Gasteiger partial charge in [-0.2, -0.15) is 0 Å². The fourth-order valence-corrected chi connectivity index (χ4v) is 2.93. The monoisotopic (exact) mass is 297 g/mol. The summed E-state index contributed by atoms with van der Waals surface area (Å²) in [5.74, 6) is 0.745. The van der Waals surface area contributed by atoms with E-state index in [4.69, 9.17) is 16.3 Å². The summed E-state index contributed by atoms with van der Waals surface area (Å²) in [7, 11) is 0. The van der Waals surface area contributed by atoms with Crippen molar-refractivity contribution in [2.45, 2.75) is 51.7 Å². The van der Waals surface area contributed by atoms with Crippen molar-refractivity contribution in [3.05, 3.63) is 38.9 Å². The third-order valence-corrected chi connectivity index (χ3v) is 4.40. The summed E-state index contributed by atoms with van der Waals surface area (Å²) in [4.78, 5) is 10.4. The fourth-order valence-electron chi connectivity index (χ4n) is 2.76. The third kappa shape index (κ3) is 3.93. The Morgan fingerprint density at radius 2 is 2.25 bits per heavy atom. The van der Waals surface area contributed by atoms with Gasteiger partial charge in [-0.05, 0) is 24.8 Å². The van der Waals surface area contributed by atoms with Gasteiger partial charge in [-0.15, -0.1) is 0 Å². The van der Waals surface area contributed by atoms with Crippen molar-refractivity contribution in [2.75, 3.05) is 0 Å². The highest BCUT2D eigenvalue weighted by molar-refractivity contribution is 6.31. The van der Waals surface area contributed by atoms with Crippen molar-refractivity contribution < 1.29 is 9.66 Å². The minimum Gasteiger partial charge on any atom is -0.373 e. The van der Waals surface area contributed by atoms with Gasteiger partial charge in [0.05, 0.1) is 17.6 Å². The maximum Gasteiger partial charge on any atom is 0.269 e. The van der Waals surface area contributed by atoms with Crippen LogP contribution in [0.5, 0.6) is 0 Å². The normalized spacial score (nSPS) is 22.7. The third-order valence-electron chi connectivity index (χ3n) is 4.03. The first-order chi connectivity index (χ1) is 9.60. The number of benzene rings is 1. The van der Waals surface area contributed by atoms with E-state index in [1.54, 1.807) is 6.07 Å². The highest BCUT2D eigenvalue weighted by atomic mass is 35.5. The van der Waals surface area contributed by atoms with Crippen LogP contribution in [-0.4, -0.2) is 11.0 Å². The summed E-state index contributed by atoms with van der Waals surface area (Å²) < 4.78 is 5.91. The van der Waals surface area contributed by atoms with Crippen LogP contribution in [0.3, 0.4) is 0 Å². The van der Waals surface area contributed by atoms with Crippen molar-refractivity contribution in [1.29, 1.82) is 0 Å². The molecule has 4 nitrogen and oxygen atoms in total. The molecule has 5 heteroatoms. The topological polar surface area (TPSA) is 52.4 Å². The number of nitro groups is 1. The van der Waals surface area contributed by atoms with E-state index in [1.165, 1.54) is 31.4 Å². The van der Waals surface area contributed by atoms with Crippen LogP contribution in [0.1, 0.15) is 44.6 Å². The van der Waals surface area contributed by atoms with E-state index in [0.29, 0.717) is 17.2 Å². The standard InChI is InChI=1S/C15H20ClNO3/c1-2-11-4-3-5-14(8-11)20-10-12-9-13(17(18)19)6-7-15(12)16/h6-7,9,11,14H,2-5,8,10H2,1H3. The lowest BCUT2D eigenvalue weighted by atomic mass is 9.85. The first-order valence-corrected chi connectivity index (χ1v) is 7.52. The van der Waals surface area contributed by atoms with Crippen LogP contribution in [-0.2, 0) is 11.3 Å². The molecule has 2 atom stereocenters. The zero-order valence-corrected chi connectivity index (χ0v) is 12.4. The molecular formula is C15H20ClNO3. The molecule has 1 aromatic carbocycles. The van der Waals surface area contributed by atoms with E-state index in [1.807, 2.05) is 0 Å². The van der Waals surface area contributed by atoms with E-state index in [0.717, 1.165) is 18.8 Å². The van der Waals surface area contributed by atoms with E-state index in [-0.39, 0.29) is 11.8 Å². The molecule has 0 heterocycles. The minimum atomic E-state index is -0.409. The van der Waals surface area contributed by atoms with Crippen molar-refractivity contribution in [3.63, 3.8) is 0 Å². The highest BCUT2D eigenvalue weighted by Crippen LogP contribution is 2.30. The Balaban J connectivity index is 1.96. The summed E-state index contributed by atoms with van der Waals surface area (Å²) in [6, 6.07) is 4.48. The minimum absolute atomic E-state index is 0.0584. The molecule has 0 N–H and O–H groups in total. The molecule has 0 amide bonds. The summed E-state index contributed by atoms with van der Waals surface area (Å²) in [6.45, 7) is 2.56. The SMILES string of the molecule is CCC1CCCC(OCc2cc([N+](=O)[O-])ccc2Cl)C1. The molecule has 20 heavy (non-hydrogen) atoms. The number of ether oxygens (including phenoxy) is 1. The number of nitro benzene ring substituents is 1. The molecule has 0 aliphatic heterocycles. The molecule has 0 aromatic heterocycles. The molecule has 1 aliphatic carbocycles. The number of rotatable bonds is 5. The van der Waals surface area contributed by atoms with Gasteiger partial charge < -0.3 is 4.74 Å². The van der Waals surface area contributed by atoms with Crippen LogP contribution in [0.2, 0.25) is 5.02 Å². The molecule has 2 rings (SSSR count). The molecule has 110 valence electrons. The summed E-state index contributed by atoms with van der Waals surface area (Å²) in [5, 5.41) is 11.3. The lowest BCUT2D eigenvalue weighted by Gasteiger charge is -2.28. The second kappa shape index (κ2) is 7.04. The Kier molecular flexibility index (Phi) is 5.38. The first kappa shape index (κ1) is 15.3. The number of nitrogens with zero attached hydrogens (tertiary/aromatic N) is 1. The van der Waals surface area contributed by atoms with E-state index < -0.39 is 4.92 Å². The van der Waals surface area contributed by atoms with Gasteiger partial charge in [0.15, 0.2) is 0 Å². The maximum atomic E-state index is 10.8. The van der Waals surface area contributed by atoms with Gasteiger partial charge in [-0.25, -0.2) is 0 Å². The molecule has 2 unspecified atom stereocenters. The van der Waals surface area contributed by atoms with Gasteiger partial charge >= 0.3 is 0 Å². The second-order valence-corrected chi connectivity index (χ2v) is 5.81. The highest BCUT2D eigenvalue weighted by Gasteiger charge is 2.21. The molecule has 0 spiro atoms. The first-order valence-electron chi connectivity index (χ1n) is 7.14. The fraction of sp³-hybridized carbons (Fsp3) is 0.600. The van der Waals surface area contributed by atoms with E-state index in [9.17, 15) is 10.1 Å². The zero-order chi connectivity index (χ0) is 14.5. The van der Waals surface area contributed by atoms with Gasteiger partial charge in [0.1, 0.15) is 0 Å². The smallest absolute Gasteiger partial charge is 0.269 e. The summed E-state index contributed by atoms with van der Waals surface area (Å²) in [5.41, 5.74) is 0.752. The Morgan fingerprint density at radius 3 is 2.95 bits per heavy atom. The number of non-ortho nitro benzene ring substituents is 1. The van der Waals surface area contributed by atoms with Crippen LogP contribution in [0.25, 0.3) is 0 Å². The van der Waals surface area contributed by atoms with Crippen LogP contribution in [0.15, 0.2) is 18.2 Å². The Morgan fingerprint density at radius 1 is 1.45 bits per heavy atom. The molecule has 1 aromatic rings. The van der Waals surface area contributed by atoms with Crippen LogP contribution >= 0.6 is 11.6 Å². The van der Waals surface area contributed by atoms with Gasteiger partial charge in [0, 0.05) is 22.7 Å². The molecule has 0 radical (unpaired) electrons. The molecule has 1 aliphatic rings. The maximum absolute atomic E-state index is 10.8. The molecular weight excluding hydrogens is 278 g/mol. The predicted octanol–water partition coefficient (Wildman–Crippen LogP) is 4.73. The summed E-state index contributed by atoms with van der Waals surface area (Å²) >= 11 is 6.07. The molecule has 1 fully saturated rings.